The average Bonchev–Trinajstić information content (AvgIpc) is 3.31. The maximum Gasteiger partial charge on any atom is 0.239 e. The van der Waals surface area contributed by atoms with Crippen LogP contribution < -0.4 is 5.32 Å². The molecule has 1 aliphatic carbocycles. The van der Waals surface area contributed by atoms with E-state index in [2.05, 4.69) is 22.2 Å². The van der Waals surface area contributed by atoms with Gasteiger partial charge in [-0.1, -0.05) is 29.8 Å². The highest BCUT2D eigenvalue weighted by atomic mass is 35.5. The lowest BCUT2D eigenvalue weighted by atomic mass is 10.2. The molecule has 0 aliphatic heterocycles. The van der Waals surface area contributed by atoms with Gasteiger partial charge in [0.2, 0.25) is 5.91 Å². The fraction of sp³-hybridized carbons (Fsp3) is 0.444. The summed E-state index contributed by atoms with van der Waals surface area (Å²) in [4.78, 5) is 14.4. The molecule has 1 amide bonds. The van der Waals surface area contributed by atoms with Crippen molar-refractivity contribution >= 4 is 23.3 Å². The van der Waals surface area contributed by atoms with Crippen LogP contribution in [0.15, 0.2) is 36.5 Å². The van der Waals surface area contributed by atoms with Crippen LogP contribution in [0.3, 0.4) is 0 Å². The first-order valence-corrected chi connectivity index (χ1v) is 8.67. The number of hydrogen-bond donors (Lipinski definition) is 1. The Kier molecular flexibility index (Phi) is 5.21. The molecule has 6 heteroatoms. The van der Waals surface area contributed by atoms with Gasteiger partial charge in [0.15, 0.2) is 0 Å². The maximum atomic E-state index is 12.3. The van der Waals surface area contributed by atoms with Crippen molar-refractivity contribution < 1.29 is 4.79 Å². The van der Waals surface area contributed by atoms with E-state index in [0.29, 0.717) is 30.0 Å². The largest absolute Gasteiger partial charge is 0.310 e. The second-order valence-corrected chi connectivity index (χ2v) is 6.91. The fourth-order valence-electron chi connectivity index (χ4n) is 2.84. The van der Waals surface area contributed by atoms with Gasteiger partial charge in [-0.05, 0) is 44.4 Å². The second-order valence-electron chi connectivity index (χ2n) is 6.51. The van der Waals surface area contributed by atoms with E-state index < -0.39 is 0 Å². The standard InChI is InChI=1S/C18H23ClN4O/c1-13(14-7-8-14)22(2)12-18(24)21-17-9-10-20-23(17)11-15-5-3-4-6-16(15)19/h3-6,9-10,13-14H,7-8,11-12H2,1-2H3,(H,21,24)/t13-/m0/s1. The summed E-state index contributed by atoms with van der Waals surface area (Å²) in [6.07, 6.45) is 4.23. The normalized spacial score (nSPS) is 15.5. The molecule has 0 spiro atoms. The number of likely N-dealkylation sites (N-methyl/N-ethyl adjacent to an activating group) is 1. The highest BCUT2D eigenvalue weighted by molar-refractivity contribution is 6.31. The fourth-order valence-corrected chi connectivity index (χ4v) is 3.04. The van der Waals surface area contributed by atoms with Crippen molar-refractivity contribution in [3.8, 4) is 0 Å². The molecule has 1 aliphatic rings. The summed E-state index contributed by atoms with van der Waals surface area (Å²) in [6.45, 7) is 3.10. The smallest absolute Gasteiger partial charge is 0.239 e. The van der Waals surface area contributed by atoms with E-state index in [0.717, 1.165) is 11.5 Å². The molecule has 2 aromatic rings. The minimum atomic E-state index is -0.0223. The molecule has 1 aromatic carbocycles. The molecule has 1 heterocycles. The molecule has 3 rings (SSSR count). The molecule has 128 valence electrons. The monoisotopic (exact) mass is 346 g/mol. The number of nitrogens with one attached hydrogen (secondary N) is 1. The number of hydrogen-bond acceptors (Lipinski definition) is 3. The third-order valence-electron chi connectivity index (χ3n) is 4.65. The number of halogens is 1. The van der Waals surface area contributed by atoms with Crippen molar-refractivity contribution in [2.24, 2.45) is 5.92 Å². The lowest BCUT2D eigenvalue weighted by Gasteiger charge is -2.23. The van der Waals surface area contributed by atoms with E-state index in [1.54, 1.807) is 16.9 Å². The molecule has 1 saturated carbocycles. The Morgan fingerprint density at radius 3 is 2.88 bits per heavy atom. The van der Waals surface area contributed by atoms with Crippen LogP contribution in [0.4, 0.5) is 5.82 Å². The lowest BCUT2D eigenvalue weighted by molar-refractivity contribution is -0.117. The predicted molar refractivity (Wildman–Crippen MR) is 96.2 cm³/mol. The van der Waals surface area contributed by atoms with Crippen molar-refractivity contribution in [3.63, 3.8) is 0 Å². The molecule has 1 fully saturated rings. The van der Waals surface area contributed by atoms with Crippen LogP contribution in [-0.4, -0.2) is 40.2 Å². The Morgan fingerprint density at radius 1 is 1.42 bits per heavy atom. The van der Waals surface area contributed by atoms with E-state index in [1.807, 2.05) is 31.3 Å². The number of carbonyl (C=O) groups excluding carboxylic acids is 1. The maximum absolute atomic E-state index is 12.3. The second kappa shape index (κ2) is 7.36. The minimum Gasteiger partial charge on any atom is -0.310 e. The summed E-state index contributed by atoms with van der Waals surface area (Å²) in [7, 11) is 2.00. The van der Waals surface area contributed by atoms with Crippen molar-refractivity contribution in [3.05, 3.63) is 47.1 Å². The first-order chi connectivity index (χ1) is 11.5. The van der Waals surface area contributed by atoms with Gasteiger partial charge >= 0.3 is 0 Å². The Labute approximate surface area is 147 Å². The first-order valence-electron chi connectivity index (χ1n) is 8.30. The predicted octanol–water partition coefficient (Wildman–Crippen LogP) is 3.25. The van der Waals surface area contributed by atoms with Crippen LogP contribution in [0.5, 0.6) is 0 Å². The molecule has 0 saturated heterocycles. The van der Waals surface area contributed by atoms with E-state index in [4.69, 9.17) is 11.6 Å². The summed E-state index contributed by atoms with van der Waals surface area (Å²) >= 11 is 6.20. The highest BCUT2D eigenvalue weighted by Gasteiger charge is 2.31. The summed E-state index contributed by atoms with van der Waals surface area (Å²) in [5, 5.41) is 7.94. The van der Waals surface area contributed by atoms with Gasteiger partial charge in [0.25, 0.3) is 0 Å². The number of aromatic nitrogens is 2. The summed E-state index contributed by atoms with van der Waals surface area (Å²) in [5.41, 5.74) is 0.970. The number of carbonyl (C=O) groups is 1. The number of benzene rings is 1. The number of nitrogens with zero attached hydrogens (tertiary/aromatic N) is 3. The summed E-state index contributed by atoms with van der Waals surface area (Å²) in [5.74, 6) is 1.41. The average molecular weight is 347 g/mol. The van der Waals surface area contributed by atoms with Crippen LogP contribution in [0, 0.1) is 5.92 Å². The van der Waals surface area contributed by atoms with Gasteiger partial charge in [-0.2, -0.15) is 5.10 Å². The third-order valence-corrected chi connectivity index (χ3v) is 5.02. The lowest BCUT2D eigenvalue weighted by Crippen LogP contribution is -2.37. The minimum absolute atomic E-state index is 0.0223. The number of amides is 1. The van der Waals surface area contributed by atoms with Gasteiger partial charge in [0, 0.05) is 17.1 Å². The van der Waals surface area contributed by atoms with E-state index in [9.17, 15) is 4.79 Å². The van der Waals surface area contributed by atoms with Crippen molar-refractivity contribution in [1.29, 1.82) is 0 Å². The Hall–Kier alpha value is -1.85. The Balaban J connectivity index is 1.60. The van der Waals surface area contributed by atoms with Crippen LogP contribution in [0.25, 0.3) is 0 Å². The Bertz CT molecular complexity index is 711. The van der Waals surface area contributed by atoms with Crippen LogP contribution in [-0.2, 0) is 11.3 Å². The van der Waals surface area contributed by atoms with Gasteiger partial charge in [-0.15, -0.1) is 0 Å². The van der Waals surface area contributed by atoms with Crippen molar-refractivity contribution in [1.82, 2.24) is 14.7 Å². The van der Waals surface area contributed by atoms with Crippen LogP contribution >= 0.6 is 11.6 Å². The van der Waals surface area contributed by atoms with Crippen molar-refractivity contribution in [2.75, 3.05) is 18.9 Å². The van der Waals surface area contributed by atoms with E-state index in [1.165, 1.54) is 12.8 Å². The topological polar surface area (TPSA) is 50.2 Å². The van der Waals surface area contributed by atoms with Crippen LogP contribution in [0.2, 0.25) is 5.02 Å². The van der Waals surface area contributed by atoms with Crippen molar-refractivity contribution in [2.45, 2.75) is 32.4 Å². The molecule has 0 radical (unpaired) electrons. The molecule has 0 unspecified atom stereocenters. The van der Waals surface area contributed by atoms with Crippen LogP contribution in [0.1, 0.15) is 25.3 Å². The van der Waals surface area contributed by atoms with Gasteiger partial charge in [-0.3, -0.25) is 9.69 Å². The SMILES string of the molecule is C[C@@H](C1CC1)N(C)CC(=O)Nc1ccnn1Cc1ccccc1Cl. The third kappa shape index (κ3) is 4.16. The first kappa shape index (κ1) is 17.0. The van der Waals surface area contributed by atoms with Gasteiger partial charge < -0.3 is 5.32 Å². The molecule has 1 N–H and O–H groups in total. The zero-order chi connectivity index (χ0) is 17.1. The zero-order valence-electron chi connectivity index (χ0n) is 14.1. The molecule has 1 aromatic heterocycles. The van der Waals surface area contributed by atoms with E-state index >= 15 is 0 Å². The quantitative estimate of drug-likeness (QED) is 0.837. The zero-order valence-corrected chi connectivity index (χ0v) is 14.8. The Morgan fingerprint density at radius 2 is 2.17 bits per heavy atom. The van der Waals surface area contributed by atoms with Gasteiger partial charge in [-0.25, -0.2) is 4.68 Å². The highest BCUT2D eigenvalue weighted by Crippen LogP contribution is 2.34. The molecular weight excluding hydrogens is 324 g/mol. The molecule has 5 nitrogen and oxygen atoms in total. The molecular formula is C18H23ClN4O. The number of rotatable bonds is 7. The molecule has 24 heavy (non-hydrogen) atoms. The van der Waals surface area contributed by atoms with Gasteiger partial charge in [0.1, 0.15) is 5.82 Å². The number of anilines is 1. The molecule has 0 bridgehead atoms. The van der Waals surface area contributed by atoms with E-state index in [-0.39, 0.29) is 5.91 Å². The summed E-state index contributed by atoms with van der Waals surface area (Å²) < 4.78 is 1.75. The summed E-state index contributed by atoms with van der Waals surface area (Å²) in [6, 6.07) is 9.90. The molecule has 1 atom stereocenters. The van der Waals surface area contributed by atoms with Gasteiger partial charge in [0.05, 0.1) is 19.3 Å².